The Balaban J connectivity index is 1.41. The molecule has 150 valence electrons. The molecule has 2 fully saturated rings. The lowest BCUT2D eigenvalue weighted by molar-refractivity contribution is 0.123. The van der Waals surface area contributed by atoms with E-state index in [1.807, 2.05) is 0 Å². The van der Waals surface area contributed by atoms with Crippen LogP contribution in [0.2, 0.25) is 0 Å². The molecule has 1 heterocycles. The predicted octanol–water partition coefficient (Wildman–Crippen LogP) is 2.64. The summed E-state index contributed by atoms with van der Waals surface area (Å²) in [6, 6.07) is 6.33. The molecule has 2 N–H and O–H groups in total. The molecular formula is C21H33N3O3. The smallest absolute Gasteiger partial charge is 0.191 e. The second-order valence-corrected chi connectivity index (χ2v) is 7.44. The molecule has 1 saturated carbocycles. The van der Waals surface area contributed by atoms with Crippen molar-refractivity contribution in [3.8, 4) is 5.75 Å². The lowest BCUT2D eigenvalue weighted by Crippen LogP contribution is -2.37. The van der Waals surface area contributed by atoms with E-state index >= 15 is 0 Å². The highest BCUT2D eigenvalue weighted by Crippen LogP contribution is 2.28. The van der Waals surface area contributed by atoms with E-state index in [-0.39, 0.29) is 6.10 Å². The zero-order chi connectivity index (χ0) is 18.9. The van der Waals surface area contributed by atoms with Gasteiger partial charge in [0.15, 0.2) is 5.96 Å². The Kier molecular flexibility index (Phi) is 7.78. The Bertz CT molecular complexity index is 611. The van der Waals surface area contributed by atoms with Crippen molar-refractivity contribution in [2.75, 3.05) is 40.0 Å². The van der Waals surface area contributed by atoms with Crippen molar-refractivity contribution in [3.63, 3.8) is 0 Å². The molecule has 0 radical (unpaired) electrons. The van der Waals surface area contributed by atoms with Crippen molar-refractivity contribution in [3.05, 3.63) is 29.3 Å². The second-order valence-electron chi connectivity index (χ2n) is 7.44. The van der Waals surface area contributed by atoms with Gasteiger partial charge in [-0.1, -0.05) is 12.1 Å². The molecule has 1 atom stereocenters. The summed E-state index contributed by atoms with van der Waals surface area (Å²) in [5, 5.41) is 6.72. The highest BCUT2D eigenvalue weighted by molar-refractivity contribution is 5.79. The third-order valence-electron chi connectivity index (χ3n) is 4.88. The number of nitrogens with one attached hydrogen (secondary N) is 2. The first-order valence-corrected chi connectivity index (χ1v) is 10.1. The summed E-state index contributed by atoms with van der Waals surface area (Å²) in [4.78, 5) is 4.30. The average molecular weight is 376 g/mol. The van der Waals surface area contributed by atoms with Crippen LogP contribution in [-0.4, -0.2) is 52.1 Å². The molecule has 1 saturated heterocycles. The van der Waals surface area contributed by atoms with E-state index in [1.54, 1.807) is 7.05 Å². The number of rotatable bonds is 10. The minimum atomic E-state index is 0.152. The van der Waals surface area contributed by atoms with Crippen molar-refractivity contribution in [2.24, 2.45) is 10.9 Å². The summed E-state index contributed by atoms with van der Waals surface area (Å²) in [6.45, 7) is 6.79. The van der Waals surface area contributed by atoms with E-state index in [0.29, 0.717) is 13.2 Å². The summed E-state index contributed by atoms with van der Waals surface area (Å²) in [6.07, 6.45) is 4.76. The van der Waals surface area contributed by atoms with Gasteiger partial charge in [-0.2, -0.15) is 0 Å². The number of aliphatic imine (C=N–C) groups is 1. The standard InChI is InChI=1S/C21H33N3O3/c1-16-4-7-18(20(12-16)27-19-8-11-26-15-19)13-24-21(22-2)23-9-3-10-25-14-17-5-6-17/h4,7,12,17,19H,3,5-6,8-11,13-15H2,1-2H3,(H2,22,23,24). The molecular weight excluding hydrogens is 342 g/mol. The van der Waals surface area contributed by atoms with Crippen molar-refractivity contribution in [2.45, 2.75) is 45.3 Å². The summed E-state index contributed by atoms with van der Waals surface area (Å²) in [5.74, 6) is 2.56. The Morgan fingerprint density at radius 2 is 2.15 bits per heavy atom. The monoisotopic (exact) mass is 375 g/mol. The molecule has 1 aliphatic heterocycles. The van der Waals surface area contributed by atoms with Gasteiger partial charge in [0.2, 0.25) is 0 Å². The zero-order valence-electron chi connectivity index (χ0n) is 16.6. The number of benzene rings is 1. The molecule has 0 spiro atoms. The molecule has 1 unspecified atom stereocenters. The summed E-state index contributed by atoms with van der Waals surface area (Å²) < 4.78 is 17.3. The van der Waals surface area contributed by atoms with Crippen LogP contribution in [-0.2, 0) is 16.0 Å². The maximum Gasteiger partial charge on any atom is 0.191 e. The van der Waals surface area contributed by atoms with Gasteiger partial charge < -0.3 is 24.8 Å². The number of hydrogen-bond acceptors (Lipinski definition) is 4. The van der Waals surface area contributed by atoms with Crippen LogP contribution < -0.4 is 15.4 Å². The Morgan fingerprint density at radius 3 is 2.89 bits per heavy atom. The topological polar surface area (TPSA) is 64.1 Å². The van der Waals surface area contributed by atoms with Gasteiger partial charge in [-0.25, -0.2) is 0 Å². The fourth-order valence-electron chi connectivity index (χ4n) is 3.02. The summed E-state index contributed by atoms with van der Waals surface area (Å²) >= 11 is 0. The van der Waals surface area contributed by atoms with Gasteiger partial charge >= 0.3 is 0 Å². The normalized spacial score (nSPS) is 19.9. The number of ether oxygens (including phenoxy) is 3. The summed E-state index contributed by atoms with van der Waals surface area (Å²) in [5.41, 5.74) is 2.32. The van der Waals surface area contributed by atoms with Crippen LogP contribution in [0.15, 0.2) is 23.2 Å². The van der Waals surface area contributed by atoms with E-state index in [0.717, 1.165) is 62.4 Å². The van der Waals surface area contributed by atoms with E-state index < -0.39 is 0 Å². The molecule has 0 aromatic heterocycles. The highest BCUT2D eigenvalue weighted by atomic mass is 16.5. The van der Waals surface area contributed by atoms with E-state index in [4.69, 9.17) is 14.2 Å². The lowest BCUT2D eigenvalue weighted by Gasteiger charge is -2.18. The SMILES string of the molecule is CN=C(NCCCOCC1CC1)NCc1ccc(C)cc1OC1CCOC1. The highest BCUT2D eigenvalue weighted by Gasteiger charge is 2.21. The van der Waals surface area contributed by atoms with Gasteiger partial charge in [-0.15, -0.1) is 0 Å². The number of hydrogen-bond donors (Lipinski definition) is 2. The van der Waals surface area contributed by atoms with Gasteiger partial charge in [-0.05, 0) is 43.7 Å². The molecule has 0 bridgehead atoms. The Hall–Kier alpha value is -1.79. The third-order valence-corrected chi connectivity index (χ3v) is 4.88. The van der Waals surface area contributed by atoms with Crippen molar-refractivity contribution in [1.29, 1.82) is 0 Å². The molecule has 1 aromatic carbocycles. The maximum absolute atomic E-state index is 6.16. The van der Waals surface area contributed by atoms with Crippen LogP contribution in [0.25, 0.3) is 0 Å². The van der Waals surface area contributed by atoms with Gasteiger partial charge in [0, 0.05) is 45.3 Å². The molecule has 1 aromatic rings. The predicted molar refractivity (Wildman–Crippen MR) is 107 cm³/mol. The fourth-order valence-corrected chi connectivity index (χ4v) is 3.02. The third kappa shape index (κ3) is 7.03. The van der Waals surface area contributed by atoms with Crippen LogP contribution >= 0.6 is 0 Å². The van der Waals surface area contributed by atoms with Gasteiger partial charge in [0.25, 0.3) is 0 Å². The van der Waals surface area contributed by atoms with Gasteiger partial charge in [0.05, 0.1) is 13.2 Å². The molecule has 6 heteroatoms. The quantitative estimate of drug-likeness (QED) is 0.374. The molecule has 0 amide bonds. The Morgan fingerprint density at radius 1 is 1.26 bits per heavy atom. The van der Waals surface area contributed by atoms with Crippen LogP contribution in [0.3, 0.4) is 0 Å². The molecule has 3 rings (SSSR count). The first kappa shape index (κ1) is 20.0. The number of guanidine groups is 1. The van der Waals surface area contributed by atoms with Crippen molar-refractivity contribution >= 4 is 5.96 Å². The average Bonchev–Trinajstić information content (AvgIpc) is 3.36. The van der Waals surface area contributed by atoms with E-state index in [9.17, 15) is 0 Å². The Labute approximate surface area is 162 Å². The molecule has 27 heavy (non-hydrogen) atoms. The van der Waals surface area contributed by atoms with Crippen molar-refractivity contribution < 1.29 is 14.2 Å². The number of aryl methyl sites for hydroxylation is 1. The summed E-state index contributed by atoms with van der Waals surface area (Å²) in [7, 11) is 1.79. The largest absolute Gasteiger partial charge is 0.488 e. The van der Waals surface area contributed by atoms with Gasteiger partial charge in [-0.3, -0.25) is 4.99 Å². The van der Waals surface area contributed by atoms with Crippen LogP contribution in [0.1, 0.15) is 36.8 Å². The van der Waals surface area contributed by atoms with Crippen LogP contribution in [0.4, 0.5) is 0 Å². The molecule has 6 nitrogen and oxygen atoms in total. The van der Waals surface area contributed by atoms with E-state index in [1.165, 1.54) is 18.4 Å². The zero-order valence-corrected chi connectivity index (χ0v) is 16.6. The molecule has 2 aliphatic rings. The second kappa shape index (κ2) is 10.5. The minimum absolute atomic E-state index is 0.152. The van der Waals surface area contributed by atoms with E-state index in [2.05, 4.69) is 40.7 Å². The minimum Gasteiger partial charge on any atom is -0.488 e. The van der Waals surface area contributed by atoms with Crippen molar-refractivity contribution in [1.82, 2.24) is 10.6 Å². The first-order valence-electron chi connectivity index (χ1n) is 10.1. The lowest BCUT2D eigenvalue weighted by atomic mass is 10.1. The fraction of sp³-hybridized carbons (Fsp3) is 0.667. The van der Waals surface area contributed by atoms with Crippen LogP contribution in [0, 0.1) is 12.8 Å². The van der Waals surface area contributed by atoms with Crippen LogP contribution in [0.5, 0.6) is 5.75 Å². The number of nitrogens with zero attached hydrogens (tertiary/aromatic N) is 1. The maximum atomic E-state index is 6.16. The molecule has 1 aliphatic carbocycles. The van der Waals surface area contributed by atoms with Gasteiger partial charge in [0.1, 0.15) is 11.9 Å². The first-order chi connectivity index (χ1) is 13.2.